The zero-order valence-electron chi connectivity index (χ0n) is 30.1. The molecule has 7 rings (SSSR count). The summed E-state index contributed by atoms with van der Waals surface area (Å²) in [6, 6.07) is 3.72. The Hall–Kier alpha value is -2.18. The van der Waals surface area contributed by atoms with Crippen molar-refractivity contribution in [3.05, 3.63) is 45.2 Å². The quantitative estimate of drug-likeness (QED) is 0.255. The molecule has 0 radical (unpaired) electrons. The molecule has 5 aliphatic rings. The summed E-state index contributed by atoms with van der Waals surface area (Å²) >= 11 is 12.9. The lowest BCUT2D eigenvalue weighted by atomic mass is 9.33. The Balaban J connectivity index is 1.29. The van der Waals surface area contributed by atoms with Crippen LogP contribution in [0, 0.1) is 51.2 Å². The van der Waals surface area contributed by atoms with E-state index in [-0.39, 0.29) is 46.0 Å². The van der Waals surface area contributed by atoms with E-state index in [9.17, 15) is 9.59 Å². The molecule has 1 amide bonds. The Labute approximate surface area is 296 Å². The van der Waals surface area contributed by atoms with E-state index in [0.717, 1.165) is 73.8 Å². The normalized spacial score (nSPS) is 39.5. The molecule has 0 unspecified atom stereocenters. The molecule has 1 aromatic carbocycles. The van der Waals surface area contributed by atoms with Gasteiger partial charge in [0, 0.05) is 5.41 Å². The van der Waals surface area contributed by atoms with Gasteiger partial charge in [-0.3, -0.25) is 9.59 Å². The molecule has 5 aliphatic carbocycles. The van der Waals surface area contributed by atoms with Crippen molar-refractivity contribution in [3.63, 3.8) is 0 Å². The van der Waals surface area contributed by atoms with Crippen molar-refractivity contribution in [3.8, 4) is 0 Å². The summed E-state index contributed by atoms with van der Waals surface area (Å²) in [5, 5.41) is 4.07. The molecule has 0 spiro atoms. The van der Waals surface area contributed by atoms with Crippen molar-refractivity contribution in [1.82, 2.24) is 15.3 Å². The number of ether oxygens (including phenoxy) is 1. The monoisotopic (exact) mass is 693 g/mol. The lowest BCUT2D eigenvalue weighted by Gasteiger charge is -2.71. The van der Waals surface area contributed by atoms with Gasteiger partial charge in [-0.1, -0.05) is 83.3 Å². The third kappa shape index (κ3) is 4.62. The first kappa shape index (κ1) is 34.3. The van der Waals surface area contributed by atoms with Crippen LogP contribution in [0.25, 0.3) is 11.0 Å². The van der Waals surface area contributed by atoms with Gasteiger partial charge in [-0.15, -0.1) is 0 Å². The summed E-state index contributed by atoms with van der Waals surface area (Å²) in [5.41, 5.74) is 4.81. The molecule has 3 saturated carbocycles. The molecular weight excluding hydrogens is 641 g/mol. The number of hydrogen-bond donors (Lipinski definition) is 1. The van der Waals surface area contributed by atoms with E-state index in [1.54, 1.807) is 6.92 Å². The highest BCUT2D eigenvalue weighted by molar-refractivity contribution is 6.42. The van der Waals surface area contributed by atoms with E-state index in [0.29, 0.717) is 40.3 Å². The molecule has 9 atom stereocenters. The maximum atomic E-state index is 14.2. The predicted molar refractivity (Wildman–Crippen MR) is 192 cm³/mol. The summed E-state index contributed by atoms with van der Waals surface area (Å²) in [7, 11) is 0. The van der Waals surface area contributed by atoms with Crippen LogP contribution in [0.5, 0.6) is 0 Å². The van der Waals surface area contributed by atoms with E-state index in [1.165, 1.54) is 5.57 Å². The van der Waals surface area contributed by atoms with Gasteiger partial charge in [0.25, 0.3) is 0 Å². The number of rotatable bonds is 4. The summed E-state index contributed by atoms with van der Waals surface area (Å²) in [6.45, 7) is 19.3. The summed E-state index contributed by atoms with van der Waals surface area (Å²) < 4.78 is 5.16. The van der Waals surface area contributed by atoms with Crippen LogP contribution in [0.3, 0.4) is 0 Å². The van der Waals surface area contributed by atoms with Gasteiger partial charge in [0.2, 0.25) is 5.91 Å². The average Bonchev–Trinajstić information content (AvgIpc) is 3.02. The number of esters is 1. The van der Waals surface area contributed by atoms with Gasteiger partial charge >= 0.3 is 5.97 Å². The zero-order chi connectivity index (χ0) is 34.6. The van der Waals surface area contributed by atoms with Gasteiger partial charge in [-0.25, -0.2) is 9.97 Å². The number of fused-ring (bicyclic) bond motifs is 9. The lowest BCUT2D eigenvalue weighted by molar-refractivity contribution is -0.170. The Morgan fingerprint density at radius 2 is 1.62 bits per heavy atom. The molecule has 1 heterocycles. The minimum atomic E-state index is -0.485. The van der Waals surface area contributed by atoms with E-state index in [2.05, 4.69) is 59.9 Å². The number of carbonyl (C=O) groups excluding carboxylic acids is 2. The number of aromatic nitrogens is 2. The van der Waals surface area contributed by atoms with Gasteiger partial charge in [0.1, 0.15) is 6.54 Å². The Morgan fingerprint density at radius 1 is 0.938 bits per heavy atom. The molecule has 1 N–H and O–H groups in total. The number of nitrogens with zero attached hydrogens (tertiary/aromatic N) is 2. The van der Waals surface area contributed by atoms with Crippen molar-refractivity contribution in [2.75, 3.05) is 13.2 Å². The molecule has 1 aromatic heterocycles. The first-order chi connectivity index (χ1) is 22.5. The lowest BCUT2D eigenvalue weighted by Crippen LogP contribution is -2.66. The molecule has 2 aromatic rings. The molecule has 260 valence electrons. The topological polar surface area (TPSA) is 81.2 Å². The second-order valence-corrected chi connectivity index (χ2v) is 18.3. The van der Waals surface area contributed by atoms with E-state index in [4.69, 9.17) is 37.9 Å². The van der Waals surface area contributed by atoms with Gasteiger partial charge in [0.15, 0.2) is 0 Å². The second-order valence-electron chi connectivity index (χ2n) is 17.5. The number of amides is 1. The standard InChI is InChI=1S/C40H53Cl2N3O3/c1-9-48-32(46)21-43-35(47)40-15-12-22(2)23(3)33(40)24-10-11-31-37(6)20-29-34(45-28-19-26(42)25(41)18-27(28)44-29)36(4,5)30(37)13-14-39(31,8)38(24,7)16-17-40/h10,18-19,22-23,30-31,33H,9,11-17,20-21H2,1-8H3,(H,43,47)/t22-,23+,30+,31-,33+,37+,38-,39-,40+/m1/s1. The highest BCUT2D eigenvalue weighted by Gasteiger charge is 2.69. The van der Waals surface area contributed by atoms with Crippen LogP contribution in [0.2, 0.25) is 10.0 Å². The highest BCUT2D eigenvalue weighted by atomic mass is 35.5. The Kier molecular flexibility index (Phi) is 8.15. The predicted octanol–water partition coefficient (Wildman–Crippen LogP) is 9.29. The third-order valence-electron chi connectivity index (χ3n) is 15.2. The largest absolute Gasteiger partial charge is 0.465 e. The van der Waals surface area contributed by atoms with Crippen LogP contribution in [-0.4, -0.2) is 35.0 Å². The van der Waals surface area contributed by atoms with E-state index < -0.39 is 5.41 Å². The van der Waals surface area contributed by atoms with Crippen molar-refractivity contribution >= 4 is 46.1 Å². The highest BCUT2D eigenvalue weighted by Crippen LogP contribution is 2.75. The summed E-state index contributed by atoms with van der Waals surface area (Å²) in [4.78, 5) is 37.0. The fourth-order valence-corrected chi connectivity index (χ4v) is 12.8. The second kappa shape index (κ2) is 11.4. The summed E-state index contributed by atoms with van der Waals surface area (Å²) in [5.74, 6) is 1.71. The molecule has 3 fully saturated rings. The maximum absolute atomic E-state index is 14.2. The number of hydrogen-bond acceptors (Lipinski definition) is 5. The van der Waals surface area contributed by atoms with Crippen LogP contribution < -0.4 is 5.32 Å². The van der Waals surface area contributed by atoms with E-state index >= 15 is 0 Å². The van der Waals surface area contributed by atoms with Gasteiger partial charge in [0.05, 0.1) is 44.5 Å². The van der Waals surface area contributed by atoms with Crippen molar-refractivity contribution in [1.29, 1.82) is 0 Å². The Bertz CT molecular complexity index is 1720. The molecule has 0 saturated heterocycles. The minimum absolute atomic E-state index is 0.0193. The number of allylic oxidation sites excluding steroid dienone is 2. The van der Waals surface area contributed by atoms with Crippen molar-refractivity contribution in [2.24, 2.45) is 51.2 Å². The minimum Gasteiger partial charge on any atom is -0.465 e. The van der Waals surface area contributed by atoms with E-state index in [1.807, 2.05) is 12.1 Å². The average molecular weight is 695 g/mol. The number of halogens is 2. The SMILES string of the molecule is CCOC(=O)CNC(=O)[C@]12CC[C@@H](C)[C@H](C)[C@H]1C1=CC[C@@H]3[C@@]4(C)Cc5nc6cc(Cl)c(Cl)cc6nc5C(C)(C)[C@@H]4CC[C@@]3(C)[C@]1(C)CC2. The first-order valence-corrected chi connectivity index (χ1v) is 19.1. The molecule has 6 nitrogen and oxygen atoms in total. The van der Waals surface area contributed by atoms with Gasteiger partial charge in [-0.2, -0.15) is 0 Å². The van der Waals surface area contributed by atoms with Crippen molar-refractivity contribution < 1.29 is 14.3 Å². The van der Waals surface area contributed by atoms with Crippen LogP contribution in [0.4, 0.5) is 0 Å². The van der Waals surface area contributed by atoms with Crippen molar-refractivity contribution in [2.45, 2.75) is 112 Å². The fourth-order valence-electron chi connectivity index (χ4n) is 12.5. The molecule has 48 heavy (non-hydrogen) atoms. The number of benzene rings is 1. The molecule has 8 heteroatoms. The third-order valence-corrected chi connectivity index (χ3v) is 15.9. The maximum Gasteiger partial charge on any atom is 0.325 e. The molecule has 0 bridgehead atoms. The zero-order valence-corrected chi connectivity index (χ0v) is 31.6. The number of nitrogens with one attached hydrogen (secondary N) is 1. The molecular formula is C40H53Cl2N3O3. The van der Waals surface area contributed by atoms with Crippen LogP contribution in [-0.2, 0) is 26.2 Å². The number of carbonyl (C=O) groups is 2. The summed E-state index contributed by atoms with van der Waals surface area (Å²) in [6.07, 6.45) is 10.6. The van der Waals surface area contributed by atoms with Crippen LogP contribution >= 0.6 is 23.2 Å². The fraction of sp³-hybridized carbons (Fsp3) is 0.700. The molecule has 0 aliphatic heterocycles. The smallest absolute Gasteiger partial charge is 0.325 e. The van der Waals surface area contributed by atoms with Crippen LogP contribution in [0.1, 0.15) is 112 Å². The first-order valence-electron chi connectivity index (χ1n) is 18.3. The van der Waals surface area contributed by atoms with Gasteiger partial charge < -0.3 is 10.1 Å². The van der Waals surface area contributed by atoms with Gasteiger partial charge in [-0.05, 0) is 116 Å². The van der Waals surface area contributed by atoms with Crippen LogP contribution in [0.15, 0.2) is 23.8 Å². The Morgan fingerprint density at radius 3 is 2.31 bits per heavy atom.